The maximum atomic E-state index is 11.3. The van der Waals surface area contributed by atoms with Gasteiger partial charge < -0.3 is 9.47 Å². The van der Waals surface area contributed by atoms with Gasteiger partial charge in [0, 0.05) is 5.75 Å². The maximum absolute atomic E-state index is 11.3. The van der Waals surface area contributed by atoms with Crippen LogP contribution in [0.15, 0.2) is 35.3 Å². The highest BCUT2D eigenvalue weighted by molar-refractivity contribution is 8.14. The summed E-state index contributed by atoms with van der Waals surface area (Å²) in [5.41, 5.74) is 1.13. The summed E-state index contributed by atoms with van der Waals surface area (Å²) < 4.78 is 10.2. The Morgan fingerprint density at radius 2 is 2.17 bits per heavy atom. The van der Waals surface area contributed by atoms with E-state index >= 15 is 0 Å². The van der Waals surface area contributed by atoms with Crippen molar-refractivity contribution in [2.75, 3.05) is 19.5 Å². The van der Waals surface area contributed by atoms with Crippen molar-refractivity contribution in [1.29, 1.82) is 0 Å². The van der Waals surface area contributed by atoms with E-state index in [-0.39, 0.29) is 12.0 Å². The number of esters is 1. The van der Waals surface area contributed by atoms with Crippen molar-refractivity contribution in [2.45, 2.75) is 12.6 Å². The van der Waals surface area contributed by atoms with Crippen LogP contribution in [0.3, 0.4) is 0 Å². The molecule has 1 aromatic carbocycles. The first-order chi connectivity index (χ1) is 8.79. The van der Waals surface area contributed by atoms with Crippen LogP contribution < -0.4 is 0 Å². The van der Waals surface area contributed by atoms with Crippen molar-refractivity contribution < 1.29 is 14.3 Å². The second kappa shape index (κ2) is 6.56. The molecule has 0 amide bonds. The third-order valence-corrected chi connectivity index (χ3v) is 3.56. The Kier molecular flexibility index (Phi) is 4.78. The highest BCUT2D eigenvalue weighted by atomic mass is 32.2. The molecular formula is C13H15NO3S. The molecule has 1 aliphatic rings. The average molecular weight is 265 g/mol. The lowest BCUT2D eigenvalue weighted by Gasteiger charge is -2.03. The van der Waals surface area contributed by atoms with E-state index in [1.54, 1.807) is 11.8 Å². The van der Waals surface area contributed by atoms with Gasteiger partial charge in [-0.1, -0.05) is 30.3 Å². The lowest BCUT2D eigenvalue weighted by atomic mass is 10.2. The smallest absolute Gasteiger partial charge is 0.331 e. The summed E-state index contributed by atoms with van der Waals surface area (Å²) in [6.45, 7) is 1.01. The SMILES string of the molecule is COC(=O)C1CSC(COCc2ccccc2)=N1. The molecule has 0 bridgehead atoms. The zero-order valence-electron chi connectivity index (χ0n) is 10.2. The molecule has 0 saturated heterocycles. The van der Waals surface area contributed by atoms with Crippen molar-refractivity contribution in [1.82, 2.24) is 0 Å². The average Bonchev–Trinajstić information content (AvgIpc) is 2.88. The normalized spacial score (nSPS) is 18.5. The number of carbonyl (C=O) groups excluding carboxylic acids is 1. The zero-order chi connectivity index (χ0) is 12.8. The van der Waals surface area contributed by atoms with Gasteiger partial charge in [-0.2, -0.15) is 0 Å². The molecule has 0 aliphatic carbocycles. The molecule has 1 heterocycles. The molecule has 96 valence electrons. The van der Waals surface area contributed by atoms with E-state index in [0.29, 0.717) is 19.0 Å². The number of methoxy groups -OCH3 is 1. The Labute approximate surface area is 110 Å². The second-order valence-corrected chi connectivity index (χ2v) is 4.94. The molecule has 0 N–H and O–H groups in total. The third-order valence-electron chi connectivity index (χ3n) is 2.52. The third kappa shape index (κ3) is 3.58. The second-order valence-electron chi connectivity index (χ2n) is 3.85. The summed E-state index contributed by atoms with van der Waals surface area (Å²) >= 11 is 1.55. The summed E-state index contributed by atoms with van der Waals surface area (Å²) in [4.78, 5) is 15.5. The van der Waals surface area contributed by atoms with Crippen LogP contribution in [0, 0.1) is 0 Å². The van der Waals surface area contributed by atoms with Gasteiger partial charge in [0.1, 0.15) is 0 Å². The van der Waals surface area contributed by atoms with Crippen molar-refractivity contribution >= 4 is 22.8 Å². The van der Waals surface area contributed by atoms with Gasteiger partial charge in [-0.05, 0) is 5.56 Å². The van der Waals surface area contributed by atoms with E-state index in [1.807, 2.05) is 30.3 Å². The van der Waals surface area contributed by atoms with Crippen LogP contribution in [0.2, 0.25) is 0 Å². The predicted octanol–water partition coefficient (Wildman–Crippen LogP) is 1.89. The van der Waals surface area contributed by atoms with Gasteiger partial charge in [0.25, 0.3) is 0 Å². The molecule has 0 spiro atoms. The summed E-state index contributed by atoms with van der Waals surface area (Å²) in [6, 6.07) is 9.60. The van der Waals surface area contributed by atoms with Gasteiger partial charge in [-0.25, -0.2) is 4.79 Å². The van der Waals surface area contributed by atoms with Crippen LogP contribution in [0.25, 0.3) is 0 Å². The molecule has 1 atom stereocenters. The molecular weight excluding hydrogens is 250 g/mol. The van der Waals surface area contributed by atoms with E-state index in [0.717, 1.165) is 10.6 Å². The Hall–Kier alpha value is -1.33. The first-order valence-electron chi connectivity index (χ1n) is 5.68. The molecule has 0 saturated carbocycles. The van der Waals surface area contributed by atoms with Gasteiger partial charge in [0.15, 0.2) is 6.04 Å². The number of benzene rings is 1. The summed E-state index contributed by atoms with van der Waals surface area (Å²) in [5, 5.41) is 0.862. The van der Waals surface area contributed by atoms with Crippen LogP contribution in [-0.2, 0) is 20.9 Å². The number of carbonyl (C=O) groups is 1. The topological polar surface area (TPSA) is 47.9 Å². The molecule has 1 aromatic rings. The van der Waals surface area contributed by atoms with Crippen molar-refractivity contribution in [3.05, 3.63) is 35.9 Å². The standard InChI is InChI=1S/C13H15NO3S/c1-16-13(15)11-9-18-12(14-11)8-17-7-10-5-3-2-4-6-10/h2-6,11H,7-9H2,1H3. The van der Waals surface area contributed by atoms with Crippen LogP contribution in [-0.4, -0.2) is 36.5 Å². The predicted molar refractivity (Wildman–Crippen MR) is 71.8 cm³/mol. The number of hydrogen-bond donors (Lipinski definition) is 0. The minimum absolute atomic E-state index is 0.277. The van der Waals surface area contributed by atoms with Gasteiger partial charge in [0.05, 0.1) is 25.4 Å². The van der Waals surface area contributed by atoms with Crippen molar-refractivity contribution in [2.24, 2.45) is 4.99 Å². The monoisotopic (exact) mass is 265 g/mol. The Bertz CT molecular complexity index is 433. The fourth-order valence-corrected chi connectivity index (χ4v) is 2.52. The lowest BCUT2D eigenvalue weighted by molar-refractivity contribution is -0.141. The number of nitrogens with zero attached hydrogens (tertiary/aromatic N) is 1. The molecule has 0 aromatic heterocycles. The van der Waals surface area contributed by atoms with Crippen LogP contribution in [0.4, 0.5) is 0 Å². The molecule has 0 radical (unpaired) electrons. The fourth-order valence-electron chi connectivity index (χ4n) is 1.59. The van der Waals surface area contributed by atoms with Gasteiger partial charge in [-0.3, -0.25) is 4.99 Å². The number of rotatable bonds is 5. The van der Waals surface area contributed by atoms with E-state index in [2.05, 4.69) is 9.73 Å². The number of hydrogen-bond acceptors (Lipinski definition) is 5. The minimum atomic E-state index is -0.365. The van der Waals surface area contributed by atoms with Crippen LogP contribution >= 0.6 is 11.8 Å². The summed E-state index contributed by atoms with van der Waals surface area (Å²) in [6.07, 6.45) is 0. The Morgan fingerprint density at radius 1 is 1.39 bits per heavy atom. The summed E-state index contributed by atoms with van der Waals surface area (Å²) in [5.74, 6) is 0.372. The fraction of sp³-hybridized carbons (Fsp3) is 0.385. The maximum Gasteiger partial charge on any atom is 0.331 e. The van der Waals surface area contributed by atoms with E-state index < -0.39 is 0 Å². The van der Waals surface area contributed by atoms with E-state index in [4.69, 9.17) is 4.74 Å². The number of thioether (sulfide) groups is 1. The van der Waals surface area contributed by atoms with Crippen molar-refractivity contribution in [3.63, 3.8) is 0 Å². The molecule has 18 heavy (non-hydrogen) atoms. The van der Waals surface area contributed by atoms with Crippen LogP contribution in [0.5, 0.6) is 0 Å². The molecule has 2 rings (SSSR count). The lowest BCUT2D eigenvalue weighted by Crippen LogP contribution is -2.19. The van der Waals surface area contributed by atoms with Gasteiger partial charge >= 0.3 is 5.97 Å². The first-order valence-corrected chi connectivity index (χ1v) is 6.67. The van der Waals surface area contributed by atoms with E-state index in [9.17, 15) is 4.79 Å². The van der Waals surface area contributed by atoms with Crippen LogP contribution in [0.1, 0.15) is 5.56 Å². The number of ether oxygens (including phenoxy) is 2. The molecule has 0 fully saturated rings. The van der Waals surface area contributed by atoms with Gasteiger partial charge in [-0.15, -0.1) is 11.8 Å². The summed E-state index contributed by atoms with van der Waals surface area (Å²) in [7, 11) is 1.38. The largest absolute Gasteiger partial charge is 0.467 e. The van der Waals surface area contributed by atoms with Crippen molar-refractivity contribution in [3.8, 4) is 0 Å². The molecule has 5 heteroatoms. The van der Waals surface area contributed by atoms with Gasteiger partial charge in [0.2, 0.25) is 0 Å². The molecule has 1 unspecified atom stereocenters. The molecule has 4 nitrogen and oxygen atoms in total. The first kappa shape index (κ1) is 13.1. The Balaban J connectivity index is 1.76. The minimum Gasteiger partial charge on any atom is -0.467 e. The Morgan fingerprint density at radius 3 is 2.89 bits per heavy atom. The highest BCUT2D eigenvalue weighted by Gasteiger charge is 2.25. The highest BCUT2D eigenvalue weighted by Crippen LogP contribution is 2.19. The number of aliphatic imine (C=N–C) groups is 1. The van der Waals surface area contributed by atoms with E-state index in [1.165, 1.54) is 7.11 Å². The zero-order valence-corrected chi connectivity index (χ0v) is 11.0. The quantitative estimate of drug-likeness (QED) is 0.763. The molecule has 1 aliphatic heterocycles.